The van der Waals surface area contributed by atoms with E-state index in [-0.39, 0.29) is 12.5 Å². The third kappa shape index (κ3) is 2.53. The normalized spacial score (nSPS) is 19.3. The van der Waals surface area contributed by atoms with Crippen LogP contribution in [0.2, 0.25) is 0 Å². The monoisotopic (exact) mass is 265 g/mol. The second kappa shape index (κ2) is 5.27. The van der Waals surface area contributed by atoms with Crippen LogP contribution in [0.1, 0.15) is 6.92 Å². The van der Waals surface area contributed by atoms with Crippen LogP contribution >= 0.6 is 0 Å². The summed E-state index contributed by atoms with van der Waals surface area (Å²) in [5.74, 6) is -1.00. The van der Waals surface area contributed by atoms with E-state index in [2.05, 4.69) is 0 Å². The Kier molecular flexibility index (Phi) is 3.71. The van der Waals surface area contributed by atoms with Gasteiger partial charge in [0.25, 0.3) is 5.91 Å². The zero-order valence-electron chi connectivity index (χ0n) is 10.7. The molecule has 1 aromatic rings. The topological polar surface area (TPSA) is 76.1 Å². The van der Waals surface area contributed by atoms with Gasteiger partial charge >= 0.3 is 5.97 Å². The van der Waals surface area contributed by atoms with Gasteiger partial charge in [-0.3, -0.25) is 4.79 Å². The van der Waals surface area contributed by atoms with E-state index in [9.17, 15) is 9.59 Å². The van der Waals surface area contributed by atoms with Gasteiger partial charge < -0.3 is 19.5 Å². The molecular formula is C13H15NO5. The van der Waals surface area contributed by atoms with Crippen LogP contribution in [-0.2, 0) is 14.3 Å². The molecule has 0 fully saturated rings. The van der Waals surface area contributed by atoms with Crippen molar-refractivity contribution in [1.82, 2.24) is 0 Å². The van der Waals surface area contributed by atoms with Gasteiger partial charge in [-0.1, -0.05) is 12.1 Å². The molecule has 1 amide bonds. The Morgan fingerprint density at radius 3 is 2.79 bits per heavy atom. The fraction of sp³-hybridized carbons (Fsp3) is 0.385. The Labute approximate surface area is 110 Å². The van der Waals surface area contributed by atoms with Gasteiger partial charge in [0.1, 0.15) is 11.9 Å². The third-order valence-corrected chi connectivity index (χ3v) is 3.02. The van der Waals surface area contributed by atoms with Crippen LogP contribution in [0.5, 0.6) is 5.75 Å². The summed E-state index contributed by atoms with van der Waals surface area (Å²) in [7, 11) is 1.43. The molecule has 19 heavy (non-hydrogen) atoms. The van der Waals surface area contributed by atoms with Crippen LogP contribution in [0.3, 0.4) is 0 Å². The molecule has 0 aliphatic carbocycles. The van der Waals surface area contributed by atoms with Crippen LogP contribution in [0.4, 0.5) is 5.69 Å². The predicted octanol–water partition coefficient (Wildman–Crippen LogP) is 0.900. The molecule has 0 radical (unpaired) electrons. The molecule has 1 heterocycles. The van der Waals surface area contributed by atoms with Crippen LogP contribution < -0.4 is 9.64 Å². The SMILES string of the molecule is COC(C)C(=O)N1CC(C(=O)O)Oc2ccccc21. The summed E-state index contributed by atoms with van der Waals surface area (Å²) in [4.78, 5) is 24.7. The van der Waals surface area contributed by atoms with Gasteiger partial charge in [0.2, 0.25) is 6.10 Å². The van der Waals surface area contributed by atoms with Crippen LogP contribution in [-0.4, -0.2) is 42.8 Å². The molecule has 2 atom stereocenters. The van der Waals surface area contributed by atoms with Crippen molar-refractivity contribution in [2.45, 2.75) is 19.1 Å². The van der Waals surface area contributed by atoms with E-state index in [1.807, 2.05) is 0 Å². The van der Waals surface area contributed by atoms with Gasteiger partial charge in [-0.15, -0.1) is 0 Å². The fourth-order valence-corrected chi connectivity index (χ4v) is 1.89. The molecule has 6 heteroatoms. The van der Waals surface area contributed by atoms with E-state index in [1.54, 1.807) is 31.2 Å². The number of aliphatic carboxylic acids is 1. The second-order valence-electron chi connectivity index (χ2n) is 4.24. The Morgan fingerprint density at radius 2 is 2.16 bits per heavy atom. The number of hydrogen-bond donors (Lipinski definition) is 1. The number of carbonyl (C=O) groups is 2. The first-order valence-electron chi connectivity index (χ1n) is 5.87. The number of carbonyl (C=O) groups excluding carboxylic acids is 1. The molecular weight excluding hydrogens is 250 g/mol. The molecule has 6 nitrogen and oxygen atoms in total. The fourth-order valence-electron chi connectivity index (χ4n) is 1.89. The van der Waals surface area contributed by atoms with Gasteiger partial charge in [-0.05, 0) is 19.1 Å². The van der Waals surface area contributed by atoms with Gasteiger partial charge in [0, 0.05) is 7.11 Å². The van der Waals surface area contributed by atoms with E-state index in [0.717, 1.165) is 0 Å². The highest BCUT2D eigenvalue weighted by atomic mass is 16.5. The average Bonchev–Trinajstić information content (AvgIpc) is 2.44. The predicted molar refractivity (Wildman–Crippen MR) is 67.3 cm³/mol. The van der Waals surface area contributed by atoms with Gasteiger partial charge in [0.05, 0.1) is 12.2 Å². The number of rotatable bonds is 3. The first-order chi connectivity index (χ1) is 9.04. The molecule has 2 rings (SSSR count). The van der Waals surface area contributed by atoms with Crippen molar-refractivity contribution in [3.05, 3.63) is 24.3 Å². The molecule has 0 saturated carbocycles. The number of hydrogen-bond acceptors (Lipinski definition) is 4. The lowest BCUT2D eigenvalue weighted by Crippen LogP contribution is -2.50. The Bertz CT molecular complexity index is 502. The number of nitrogens with zero attached hydrogens (tertiary/aromatic N) is 1. The van der Waals surface area contributed by atoms with Crippen molar-refractivity contribution in [1.29, 1.82) is 0 Å². The third-order valence-electron chi connectivity index (χ3n) is 3.02. The number of benzene rings is 1. The number of ether oxygens (including phenoxy) is 2. The van der Waals surface area contributed by atoms with Gasteiger partial charge in [-0.2, -0.15) is 0 Å². The summed E-state index contributed by atoms with van der Waals surface area (Å²) in [5.41, 5.74) is 0.564. The Hall–Kier alpha value is -2.08. The van der Waals surface area contributed by atoms with Crippen LogP contribution in [0, 0.1) is 0 Å². The molecule has 1 aliphatic rings. The van der Waals surface area contributed by atoms with Crippen molar-refractivity contribution in [3.63, 3.8) is 0 Å². The highest BCUT2D eigenvalue weighted by molar-refractivity contribution is 5.99. The van der Waals surface area contributed by atoms with E-state index < -0.39 is 18.2 Å². The highest BCUT2D eigenvalue weighted by Crippen LogP contribution is 2.33. The van der Waals surface area contributed by atoms with E-state index in [4.69, 9.17) is 14.6 Å². The second-order valence-corrected chi connectivity index (χ2v) is 4.24. The number of carboxylic acid groups (broad SMARTS) is 1. The zero-order valence-corrected chi connectivity index (χ0v) is 10.7. The smallest absolute Gasteiger partial charge is 0.346 e. The molecule has 1 aromatic carbocycles. The minimum absolute atomic E-state index is 0.0289. The van der Waals surface area contributed by atoms with E-state index >= 15 is 0 Å². The first kappa shape index (κ1) is 13.4. The molecule has 1 aliphatic heterocycles. The zero-order chi connectivity index (χ0) is 14.0. The van der Waals surface area contributed by atoms with Crippen molar-refractivity contribution >= 4 is 17.6 Å². The summed E-state index contributed by atoms with van der Waals surface area (Å²) < 4.78 is 10.3. The van der Waals surface area contributed by atoms with Gasteiger partial charge in [-0.25, -0.2) is 4.79 Å². The molecule has 0 saturated heterocycles. The lowest BCUT2D eigenvalue weighted by molar-refractivity contribution is -0.145. The Balaban J connectivity index is 2.36. The minimum Gasteiger partial charge on any atom is -0.478 e. The van der Waals surface area contributed by atoms with Gasteiger partial charge in [0.15, 0.2) is 0 Å². The number of para-hydroxylation sites is 2. The van der Waals surface area contributed by atoms with Crippen LogP contribution in [0.25, 0.3) is 0 Å². The van der Waals surface area contributed by atoms with E-state index in [1.165, 1.54) is 12.0 Å². The first-order valence-corrected chi connectivity index (χ1v) is 5.87. The standard InChI is InChI=1S/C13H15NO5/c1-8(18-2)12(15)14-7-11(13(16)17)19-10-6-4-3-5-9(10)14/h3-6,8,11H,7H2,1-2H3,(H,16,17). The number of amides is 1. The van der Waals surface area contributed by atoms with E-state index in [0.29, 0.717) is 11.4 Å². The molecule has 0 spiro atoms. The van der Waals surface area contributed by atoms with Crippen molar-refractivity contribution in [2.75, 3.05) is 18.6 Å². The molecule has 0 aromatic heterocycles. The minimum atomic E-state index is -1.10. The number of fused-ring (bicyclic) bond motifs is 1. The molecule has 102 valence electrons. The molecule has 1 N–H and O–H groups in total. The molecule has 2 unspecified atom stereocenters. The van der Waals surface area contributed by atoms with Crippen molar-refractivity contribution in [3.8, 4) is 5.75 Å². The summed E-state index contributed by atoms with van der Waals surface area (Å²) >= 11 is 0. The maximum Gasteiger partial charge on any atom is 0.346 e. The largest absolute Gasteiger partial charge is 0.478 e. The lowest BCUT2D eigenvalue weighted by Gasteiger charge is -2.34. The summed E-state index contributed by atoms with van der Waals surface area (Å²) in [5, 5.41) is 9.06. The lowest BCUT2D eigenvalue weighted by atomic mass is 10.1. The quantitative estimate of drug-likeness (QED) is 0.878. The number of anilines is 1. The molecule has 0 bridgehead atoms. The summed E-state index contributed by atoms with van der Waals surface area (Å²) in [6.07, 6.45) is -1.71. The average molecular weight is 265 g/mol. The van der Waals surface area contributed by atoms with Crippen molar-refractivity contribution in [2.24, 2.45) is 0 Å². The van der Waals surface area contributed by atoms with Crippen molar-refractivity contribution < 1.29 is 24.2 Å². The number of methoxy groups -OCH3 is 1. The maximum atomic E-state index is 12.2. The Morgan fingerprint density at radius 1 is 1.47 bits per heavy atom. The highest BCUT2D eigenvalue weighted by Gasteiger charge is 2.35. The number of carboxylic acids is 1. The van der Waals surface area contributed by atoms with Crippen LogP contribution in [0.15, 0.2) is 24.3 Å². The maximum absolute atomic E-state index is 12.2. The summed E-state index contributed by atoms with van der Waals surface area (Å²) in [6.45, 7) is 1.59. The summed E-state index contributed by atoms with van der Waals surface area (Å²) in [6, 6.07) is 6.85.